The topological polar surface area (TPSA) is 138 Å². The van der Waals surface area contributed by atoms with E-state index in [9.17, 15) is 42.3 Å². The predicted molar refractivity (Wildman–Crippen MR) is 147 cm³/mol. The molecule has 0 spiro atoms. The SMILES string of the molecule is COc1cc(F)c(OC2CCC(C(=O)O)CC2)cc1C(=O)NC1C2CCC(C2)C1C(=O)Nc1cc(C#N)cc(C(F)(F)F)c1. The van der Waals surface area contributed by atoms with Gasteiger partial charge in [-0.2, -0.15) is 18.4 Å². The molecule has 0 heterocycles. The van der Waals surface area contributed by atoms with E-state index in [2.05, 4.69) is 10.6 Å². The molecular weight excluding hydrogens is 586 g/mol. The van der Waals surface area contributed by atoms with Gasteiger partial charge in [-0.25, -0.2) is 4.39 Å². The smallest absolute Gasteiger partial charge is 0.416 e. The summed E-state index contributed by atoms with van der Waals surface area (Å²) in [5.74, 6) is -4.48. The standard InChI is InChI=1S/C31H31F4N3O6/c1-43-24-13-23(32)25(44-21-6-4-16(5-7-21)30(41)42)12-22(24)28(39)38-27-18-3-2-17(10-18)26(27)29(40)37-20-9-15(14-36)8-19(11-20)31(33,34)35/h8-9,11-13,16-18,21,26-27H,2-7,10H2,1H3,(H,37,40)(H,38,39)(H,41,42). The maximum Gasteiger partial charge on any atom is 0.416 e. The fourth-order valence-corrected chi connectivity index (χ4v) is 6.84. The predicted octanol–water partition coefficient (Wildman–Crippen LogP) is 5.53. The number of halogens is 4. The minimum absolute atomic E-state index is 0.0263. The first-order valence-electron chi connectivity index (χ1n) is 14.4. The number of hydrogen-bond acceptors (Lipinski definition) is 6. The van der Waals surface area contributed by atoms with Crippen LogP contribution in [0.1, 0.15) is 66.4 Å². The first-order valence-corrected chi connectivity index (χ1v) is 14.4. The third-order valence-electron chi connectivity index (χ3n) is 8.99. The molecule has 3 saturated carbocycles. The highest BCUT2D eigenvalue weighted by atomic mass is 19.4. The normalized spacial score (nSPS) is 26.0. The van der Waals surface area contributed by atoms with Gasteiger partial charge in [0, 0.05) is 17.8 Å². The Labute approximate surface area is 250 Å². The summed E-state index contributed by atoms with van der Waals surface area (Å²) in [6, 6.07) is 5.90. The minimum atomic E-state index is -4.72. The van der Waals surface area contributed by atoms with E-state index in [0.29, 0.717) is 44.6 Å². The Balaban J connectivity index is 1.33. The zero-order valence-electron chi connectivity index (χ0n) is 23.7. The van der Waals surface area contributed by atoms with E-state index < -0.39 is 59.3 Å². The fourth-order valence-electron chi connectivity index (χ4n) is 6.84. The summed E-state index contributed by atoms with van der Waals surface area (Å²) in [5, 5.41) is 23.8. The van der Waals surface area contributed by atoms with Gasteiger partial charge in [0.15, 0.2) is 11.6 Å². The molecule has 3 aliphatic rings. The first-order chi connectivity index (χ1) is 20.9. The number of carbonyl (C=O) groups is 3. The number of carbonyl (C=O) groups excluding carboxylic acids is 2. The van der Waals surface area contributed by atoms with Crippen molar-refractivity contribution in [2.75, 3.05) is 12.4 Å². The van der Waals surface area contributed by atoms with Crippen LogP contribution in [0.3, 0.4) is 0 Å². The second kappa shape index (κ2) is 12.3. The highest BCUT2D eigenvalue weighted by Crippen LogP contribution is 2.49. The second-order valence-electron chi connectivity index (χ2n) is 11.7. The summed E-state index contributed by atoms with van der Waals surface area (Å²) >= 11 is 0. The number of carboxylic acid groups (broad SMARTS) is 1. The number of benzene rings is 2. The third kappa shape index (κ3) is 6.44. The molecule has 0 saturated heterocycles. The van der Waals surface area contributed by atoms with E-state index in [4.69, 9.17) is 9.47 Å². The third-order valence-corrected chi connectivity index (χ3v) is 8.99. The summed E-state index contributed by atoms with van der Waals surface area (Å²) in [5.41, 5.74) is -1.53. The van der Waals surface area contributed by atoms with Crippen LogP contribution in [0.15, 0.2) is 30.3 Å². The molecule has 2 bridgehead atoms. The van der Waals surface area contributed by atoms with Crippen LogP contribution in [0.2, 0.25) is 0 Å². The zero-order chi connectivity index (χ0) is 31.8. The largest absolute Gasteiger partial charge is 0.496 e. The van der Waals surface area contributed by atoms with Crippen molar-refractivity contribution in [3.63, 3.8) is 0 Å². The van der Waals surface area contributed by atoms with E-state index in [1.165, 1.54) is 13.2 Å². The van der Waals surface area contributed by atoms with Gasteiger partial charge in [-0.3, -0.25) is 14.4 Å². The van der Waals surface area contributed by atoms with Gasteiger partial charge in [-0.15, -0.1) is 0 Å². The summed E-state index contributed by atoms with van der Waals surface area (Å²) < 4.78 is 66.1. The Bertz CT molecular complexity index is 1500. The van der Waals surface area contributed by atoms with E-state index in [-0.39, 0.29) is 40.1 Å². The summed E-state index contributed by atoms with van der Waals surface area (Å²) in [6.07, 6.45) is -1.46. The number of fused-ring (bicyclic) bond motifs is 2. The molecule has 2 amide bonds. The number of methoxy groups -OCH3 is 1. The van der Waals surface area contributed by atoms with Gasteiger partial charge < -0.3 is 25.2 Å². The van der Waals surface area contributed by atoms with Crippen molar-refractivity contribution in [3.05, 3.63) is 52.8 Å². The van der Waals surface area contributed by atoms with Crippen molar-refractivity contribution in [2.45, 2.75) is 63.3 Å². The number of alkyl halides is 3. The molecule has 3 aliphatic carbocycles. The van der Waals surface area contributed by atoms with Gasteiger partial charge in [-0.1, -0.05) is 0 Å². The van der Waals surface area contributed by atoms with E-state index in [1.54, 1.807) is 6.07 Å². The molecule has 3 N–H and O–H groups in total. The second-order valence-corrected chi connectivity index (χ2v) is 11.7. The molecule has 2 aromatic carbocycles. The minimum Gasteiger partial charge on any atom is -0.496 e. The van der Waals surface area contributed by atoms with Crippen molar-refractivity contribution in [3.8, 4) is 17.6 Å². The molecule has 234 valence electrons. The summed E-state index contributed by atoms with van der Waals surface area (Å²) in [7, 11) is 1.28. The summed E-state index contributed by atoms with van der Waals surface area (Å²) in [6.45, 7) is 0. The highest BCUT2D eigenvalue weighted by Gasteiger charge is 2.51. The van der Waals surface area contributed by atoms with Crippen molar-refractivity contribution in [2.24, 2.45) is 23.7 Å². The van der Waals surface area contributed by atoms with Gasteiger partial charge in [0.2, 0.25) is 5.91 Å². The average molecular weight is 618 g/mol. The number of nitrogens with zero attached hydrogens (tertiary/aromatic N) is 1. The zero-order valence-corrected chi connectivity index (χ0v) is 23.7. The quantitative estimate of drug-likeness (QED) is 0.331. The number of nitriles is 1. The molecule has 0 radical (unpaired) electrons. The summed E-state index contributed by atoms with van der Waals surface area (Å²) in [4.78, 5) is 38.3. The lowest BCUT2D eigenvalue weighted by atomic mass is 9.83. The Morgan fingerprint density at radius 1 is 0.977 bits per heavy atom. The fraction of sp³-hybridized carbons (Fsp3) is 0.484. The first kappa shape index (κ1) is 31.1. The Morgan fingerprint density at radius 3 is 2.32 bits per heavy atom. The van der Waals surface area contributed by atoms with Crippen LogP contribution in [-0.4, -0.2) is 42.1 Å². The van der Waals surface area contributed by atoms with Crippen molar-refractivity contribution in [1.29, 1.82) is 5.26 Å². The Hall–Kier alpha value is -4.34. The van der Waals surface area contributed by atoms with Crippen LogP contribution in [0, 0.1) is 40.8 Å². The number of nitrogens with one attached hydrogen (secondary N) is 2. The molecule has 2 aromatic rings. The van der Waals surface area contributed by atoms with Crippen molar-refractivity contribution in [1.82, 2.24) is 5.32 Å². The molecule has 4 atom stereocenters. The lowest BCUT2D eigenvalue weighted by Crippen LogP contribution is -2.48. The molecule has 13 heteroatoms. The molecule has 44 heavy (non-hydrogen) atoms. The molecule has 9 nitrogen and oxygen atoms in total. The molecular formula is C31H31F4N3O6. The highest BCUT2D eigenvalue weighted by molar-refractivity contribution is 5.99. The van der Waals surface area contributed by atoms with E-state index >= 15 is 0 Å². The number of rotatable bonds is 8. The van der Waals surface area contributed by atoms with Gasteiger partial charge >= 0.3 is 12.1 Å². The van der Waals surface area contributed by atoms with E-state index in [0.717, 1.165) is 24.6 Å². The Kier molecular flexibility index (Phi) is 8.72. The van der Waals surface area contributed by atoms with Crippen LogP contribution in [0.5, 0.6) is 11.5 Å². The number of hydrogen-bond donors (Lipinski definition) is 3. The van der Waals surface area contributed by atoms with Crippen LogP contribution < -0.4 is 20.1 Å². The van der Waals surface area contributed by atoms with Gasteiger partial charge in [-0.05, 0) is 81.0 Å². The number of anilines is 1. The van der Waals surface area contributed by atoms with Crippen LogP contribution in [0.25, 0.3) is 0 Å². The molecule has 5 rings (SSSR count). The maximum absolute atomic E-state index is 14.9. The molecule has 0 aliphatic heterocycles. The van der Waals surface area contributed by atoms with Crippen LogP contribution in [-0.2, 0) is 15.8 Å². The monoisotopic (exact) mass is 617 g/mol. The van der Waals surface area contributed by atoms with Gasteiger partial charge in [0.05, 0.1) is 47.8 Å². The van der Waals surface area contributed by atoms with Gasteiger partial charge in [0.25, 0.3) is 5.91 Å². The lowest BCUT2D eigenvalue weighted by Gasteiger charge is -2.31. The average Bonchev–Trinajstić information content (AvgIpc) is 3.59. The van der Waals surface area contributed by atoms with Crippen LogP contribution >= 0.6 is 0 Å². The van der Waals surface area contributed by atoms with Crippen LogP contribution in [0.4, 0.5) is 23.2 Å². The number of amides is 2. The number of aliphatic carboxylic acids is 1. The Morgan fingerprint density at radius 2 is 1.68 bits per heavy atom. The van der Waals surface area contributed by atoms with Crippen molar-refractivity contribution >= 4 is 23.5 Å². The van der Waals surface area contributed by atoms with E-state index in [1.807, 2.05) is 0 Å². The number of ether oxygens (including phenoxy) is 2. The lowest BCUT2D eigenvalue weighted by molar-refractivity contribution is -0.143. The number of carboxylic acids is 1. The van der Waals surface area contributed by atoms with Gasteiger partial charge in [0.1, 0.15) is 5.75 Å². The molecule has 0 aromatic heterocycles. The molecule has 3 fully saturated rings. The maximum atomic E-state index is 14.9. The van der Waals surface area contributed by atoms with Crippen molar-refractivity contribution < 1.29 is 46.5 Å². The molecule has 4 unspecified atom stereocenters.